The first-order valence-electron chi connectivity index (χ1n) is 9.12. The number of halogens is 6. The van der Waals surface area contributed by atoms with Crippen molar-refractivity contribution in [2.24, 2.45) is 5.73 Å². The first kappa shape index (κ1) is 26.2. The number of carbonyl (C=O) groups is 1. The minimum absolute atomic E-state index is 0.00151. The molecule has 0 radical (unpaired) electrons. The zero-order valence-electron chi connectivity index (χ0n) is 16.5. The lowest BCUT2D eigenvalue weighted by Gasteiger charge is -2.24. The van der Waals surface area contributed by atoms with E-state index in [-0.39, 0.29) is 52.1 Å². The lowest BCUT2D eigenvalue weighted by atomic mass is 10.1. The number of rotatable bonds is 11. The fraction of sp³-hybridized carbons (Fsp3) is 0.500. The van der Waals surface area contributed by atoms with E-state index in [1.807, 2.05) is 0 Å². The second kappa shape index (κ2) is 10.7. The van der Waals surface area contributed by atoms with Crippen molar-refractivity contribution in [3.63, 3.8) is 0 Å². The van der Waals surface area contributed by atoms with Crippen LogP contribution in [-0.4, -0.2) is 31.9 Å². The number of amides is 1. The quantitative estimate of drug-likeness (QED) is 0.187. The predicted molar refractivity (Wildman–Crippen MR) is 113 cm³/mol. The third kappa shape index (κ3) is 6.47. The third-order valence-electron chi connectivity index (χ3n) is 3.84. The van der Waals surface area contributed by atoms with Crippen molar-refractivity contribution in [2.75, 3.05) is 19.8 Å². The van der Waals surface area contributed by atoms with Gasteiger partial charge in [-0.3, -0.25) is 4.79 Å². The van der Waals surface area contributed by atoms with Crippen molar-refractivity contribution < 1.29 is 40.5 Å². The molecule has 0 bridgehead atoms. The van der Waals surface area contributed by atoms with Crippen LogP contribution < -0.4 is 10.5 Å². The molecule has 1 aromatic carbocycles. The van der Waals surface area contributed by atoms with Gasteiger partial charge in [0.05, 0.1) is 29.4 Å². The molecule has 174 valence electrons. The van der Waals surface area contributed by atoms with Crippen LogP contribution in [0.5, 0.6) is 5.75 Å². The highest BCUT2D eigenvalue weighted by molar-refractivity contribution is 9.10. The van der Waals surface area contributed by atoms with Crippen molar-refractivity contribution in [3.05, 3.63) is 27.0 Å². The summed E-state index contributed by atoms with van der Waals surface area (Å²) < 4.78 is 83.5. The van der Waals surface area contributed by atoms with Gasteiger partial charge in [-0.1, -0.05) is 0 Å². The van der Waals surface area contributed by atoms with Crippen molar-refractivity contribution >= 4 is 51.6 Å². The standard InChI is InChI=1S/C18H20BrF5NO4PS/c1-3-28-30(29-4-2)18(23,24)15-13(19)11-8-10(16(25)26)9-12(14(11)31-15)27-7-5-6-17(20,21)22/h8-9H,3-7H2,1-2H3,(H2,25,26). The molecule has 5 nitrogen and oxygen atoms in total. The molecule has 0 saturated heterocycles. The summed E-state index contributed by atoms with van der Waals surface area (Å²) >= 11 is 3.84. The van der Waals surface area contributed by atoms with Crippen LogP contribution in [0.2, 0.25) is 0 Å². The summed E-state index contributed by atoms with van der Waals surface area (Å²) in [7, 11) is -2.60. The molecule has 0 spiro atoms. The highest BCUT2D eigenvalue weighted by Gasteiger charge is 2.48. The summed E-state index contributed by atoms with van der Waals surface area (Å²) in [5.41, 5.74) is 1.80. The molecule has 0 unspecified atom stereocenters. The number of ether oxygens (including phenoxy) is 1. The highest BCUT2D eigenvalue weighted by Crippen LogP contribution is 2.63. The minimum atomic E-state index is -4.34. The molecule has 2 rings (SSSR count). The first-order valence-corrected chi connectivity index (χ1v) is 11.9. The third-order valence-corrected chi connectivity index (χ3v) is 8.03. The first-order chi connectivity index (χ1) is 14.4. The Morgan fingerprint density at radius 3 is 2.29 bits per heavy atom. The van der Waals surface area contributed by atoms with E-state index in [1.54, 1.807) is 13.8 Å². The average Bonchev–Trinajstić information content (AvgIpc) is 3.01. The van der Waals surface area contributed by atoms with Crippen LogP contribution >= 0.6 is 35.6 Å². The number of carbonyl (C=O) groups excluding carboxylic acids is 1. The molecule has 31 heavy (non-hydrogen) atoms. The molecular formula is C18H20BrF5NO4PS. The largest absolute Gasteiger partial charge is 0.492 e. The number of alkyl halides is 5. The summed E-state index contributed by atoms with van der Waals surface area (Å²) in [6.45, 7) is 2.85. The van der Waals surface area contributed by atoms with E-state index in [2.05, 4.69) is 15.9 Å². The van der Waals surface area contributed by atoms with E-state index in [0.29, 0.717) is 11.3 Å². The fourth-order valence-electron chi connectivity index (χ4n) is 2.55. The van der Waals surface area contributed by atoms with Crippen LogP contribution in [0.3, 0.4) is 0 Å². The molecule has 0 aliphatic heterocycles. The van der Waals surface area contributed by atoms with Crippen LogP contribution in [0.1, 0.15) is 41.9 Å². The number of hydrogen-bond acceptors (Lipinski definition) is 5. The monoisotopic (exact) mass is 551 g/mol. The fourth-order valence-corrected chi connectivity index (χ4v) is 6.16. The van der Waals surface area contributed by atoms with Crippen LogP contribution in [0, 0.1) is 0 Å². The second-order valence-corrected chi connectivity index (χ2v) is 9.57. The highest BCUT2D eigenvalue weighted by atomic mass is 79.9. The normalized spacial score (nSPS) is 12.7. The van der Waals surface area contributed by atoms with Crippen molar-refractivity contribution in [1.29, 1.82) is 0 Å². The van der Waals surface area contributed by atoms with Crippen molar-refractivity contribution in [3.8, 4) is 5.75 Å². The lowest BCUT2D eigenvalue weighted by molar-refractivity contribution is -0.136. The van der Waals surface area contributed by atoms with E-state index in [9.17, 15) is 18.0 Å². The van der Waals surface area contributed by atoms with Crippen LogP contribution in [-0.2, 0) is 14.7 Å². The maximum atomic E-state index is 15.2. The Kier molecular flexibility index (Phi) is 9.04. The van der Waals surface area contributed by atoms with Gasteiger partial charge in [-0.05, 0) is 48.3 Å². The maximum absolute atomic E-state index is 15.2. The zero-order chi connectivity index (χ0) is 23.4. The van der Waals surface area contributed by atoms with Gasteiger partial charge >= 0.3 is 11.8 Å². The van der Waals surface area contributed by atoms with E-state index in [0.717, 1.165) is 0 Å². The number of fused-ring (bicyclic) bond motifs is 1. The van der Waals surface area contributed by atoms with Crippen molar-refractivity contribution in [1.82, 2.24) is 0 Å². The lowest BCUT2D eigenvalue weighted by Crippen LogP contribution is -2.13. The molecule has 13 heteroatoms. The minimum Gasteiger partial charge on any atom is -0.492 e. The molecule has 0 atom stereocenters. The van der Waals surface area contributed by atoms with Gasteiger partial charge in [0.1, 0.15) is 5.75 Å². The van der Waals surface area contributed by atoms with Crippen LogP contribution in [0.15, 0.2) is 16.6 Å². The molecule has 1 amide bonds. The Labute approximate surface area is 189 Å². The smallest absolute Gasteiger partial charge is 0.389 e. The number of thiophene rings is 1. The van der Waals surface area contributed by atoms with Gasteiger partial charge in [-0.2, -0.15) is 22.0 Å². The van der Waals surface area contributed by atoms with Gasteiger partial charge in [0.15, 0.2) is 0 Å². The molecule has 1 aromatic heterocycles. The van der Waals surface area contributed by atoms with Gasteiger partial charge in [-0.25, -0.2) is 0 Å². The molecule has 2 aromatic rings. The molecular weight excluding hydrogens is 532 g/mol. The summed E-state index contributed by atoms with van der Waals surface area (Å²) in [5.74, 6) is -0.835. The zero-order valence-corrected chi connectivity index (χ0v) is 19.8. The number of nitrogens with two attached hydrogens (primary N) is 1. The average molecular weight is 552 g/mol. The number of primary amides is 1. The van der Waals surface area contributed by atoms with Gasteiger partial charge in [0.25, 0.3) is 8.38 Å². The predicted octanol–water partition coefficient (Wildman–Crippen LogP) is 6.92. The maximum Gasteiger partial charge on any atom is 0.389 e. The van der Waals surface area contributed by atoms with E-state index >= 15 is 8.78 Å². The molecule has 2 N–H and O–H groups in total. The van der Waals surface area contributed by atoms with E-state index in [4.69, 9.17) is 19.5 Å². The summed E-state index contributed by atoms with van der Waals surface area (Å²) in [6, 6.07) is 2.56. The van der Waals surface area contributed by atoms with E-state index < -0.39 is 37.4 Å². The van der Waals surface area contributed by atoms with Gasteiger partial charge in [-0.15, -0.1) is 11.3 Å². The second-order valence-electron chi connectivity index (χ2n) is 6.16. The number of hydrogen-bond donors (Lipinski definition) is 1. The van der Waals surface area contributed by atoms with Gasteiger partial charge in [0, 0.05) is 21.8 Å². The molecule has 0 fully saturated rings. The Balaban J connectivity index is 2.49. The summed E-state index contributed by atoms with van der Waals surface area (Å²) in [5, 5.41) is 0.227. The Hall–Kier alpha value is -1.07. The van der Waals surface area contributed by atoms with Crippen LogP contribution in [0.25, 0.3) is 10.1 Å². The Morgan fingerprint density at radius 1 is 1.16 bits per heavy atom. The Bertz CT molecular complexity index is 918. The van der Waals surface area contributed by atoms with E-state index in [1.165, 1.54) is 12.1 Å². The molecule has 0 saturated carbocycles. The Morgan fingerprint density at radius 2 is 1.77 bits per heavy atom. The summed E-state index contributed by atoms with van der Waals surface area (Å²) in [6.07, 6.45) is -5.73. The van der Waals surface area contributed by atoms with Crippen molar-refractivity contribution in [2.45, 2.75) is 38.5 Å². The van der Waals surface area contributed by atoms with Gasteiger partial charge in [0.2, 0.25) is 5.91 Å². The van der Waals surface area contributed by atoms with Crippen LogP contribution in [0.4, 0.5) is 22.0 Å². The molecule has 0 aliphatic rings. The molecule has 1 heterocycles. The van der Waals surface area contributed by atoms with Gasteiger partial charge < -0.3 is 19.5 Å². The SMILES string of the molecule is CCOP(OCC)C(F)(F)c1sc2c(OCCCC(F)(F)F)cc(C(N)=O)cc2c1Br. The summed E-state index contributed by atoms with van der Waals surface area (Å²) in [4.78, 5) is 11.3. The topological polar surface area (TPSA) is 70.8 Å². The number of benzene rings is 1. The molecule has 0 aliphatic carbocycles.